The minimum Gasteiger partial charge on any atom is -0.424 e. The molecular formula is C18H24N6O. The van der Waals surface area contributed by atoms with E-state index in [1.54, 1.807) is 6.33 Å². The number of hydrogen-bond acceptors (Lipinski definition) is 7. The minimum absolute atomic E-state index is 0.535. The highest BCUT2D eigenvalue weighted by Gasteiger charge is 2.41. The van der Waals surface area contributed by atoms with Crippen LogP contribution in [0.4, 0.5) is 5.82 Å². The molecule has 4 heterocycles. The molecule has 0 N–H and O–H groups in total. The standard InChI is InChI=1S/C18H24N6O/c1-11-12(2)19-10-20-17(11)24-7-14-5-23(6-15(14)8-24)9-16-21-22-18(25-16)13-3-4-13/h10,13-15H,3-9H2,1-2H3. The van der Waals surface area contributed by atoms with Gasteiger partial charge in [0.15, 0.2) is 0 Å². The zero-order valence-electron chi connectivity index (χ0n) is 14.9. The molecule has 2 unspecified atom stereocenters. The molecule has 7 nitrogen and oxygen atoms in total. The first-order valence-corrected chi connectivity index (χ1v) is 9.25. The van der Waals surface area contributed by atoms with E-state index in [9.17, 15) is 0 Å². The predicted molar refractivity (Wildman–Crippen MR) is 92.2 cm³/mol. The van der Waals surface area contributed by atoms with Gasteiger partial charge in [0.05, 0.1) is 6.54 Å². The van der Waals surface area contributed by atoms with Crippen molar-refractivity contribution in [1.82, 2.24) is 25.1 Å². The van der Waals surface area contributed by atoms with Crippen LogP contribution in [-0.4, -0.2) is 51.2 Å². The van der Waals surface area contributed by atoms with Crippen molar-refractivity contribution in [1.29, 1.82) is 0 Å². The minimum atomic E-state index is 0.535. The Hall–Kier alpha value is -2.02. The number of hydrogen-bond donors (Lipinski definition) is 0. The maximum Gasteiger partial charge on any atom is 0.230 e. The molecule has 2 atom stereocenters. The van der Waals surface area contributed by atoms with Crippen molar-refractivity contribution >= 4 is 5.82 Å². The molecule has 0 amide bonds. The number of fused-ring (bicyclic) bond motifs is 1. The van der Waals surface area contributed by atoms with E-state index >= 15 is 0 Å². The van der Waals surface area contributed by atoms with E-state index in [1.807, 2.05) is 0 Å². The van der Waals surface area contributed by atoms with Gasteiger partial charge in [0.2, 0.25) is 11.8 Å². The number of nitrogens with zero attached hydrogens (tertiary/aromatic N) is 6. The van der Waals surface area contributed by atoms with E-state index in [0.717, 1.165) is 56.0 Å². The molecule has 2 aromatic heterocycles. The van der Waals surface area contributed by atoms with Crippen LogP contribution in [0.1, 0.15) is 41.8 Å². The average Bonchev–Trinajstić information content (AvgIpc) is 3.03. The third kappa shape index (κ3) is 2.80. The average molecular weight is 340 g/mol. The largest absolute Gasteiger partial charge is 0.424 e. The summed E-state index contributed by atoms with van der Waals surface area (Å²) in [6, 6.07) is 0. The molecule has 2 saturated heterocycles. The van der Waals surface area contributed by atoms with Gasteiger partial charge in [-0.2, -0.15) is 0 Å². The summed E-state index contributed by atoms with van der Waals surface area (Å²) in [5.74, 6) is 4.66. The van der Waals surface area contributed by atoms with Crippen molar-refractivity contribution in [2.75, 3.05) is 31.1 Å². The summed E-state index contributed by atoms with van der Waals surface area (Å²) in [5, 5.41) is 8.43. The summed E-state index contributed by atoms with van der Waals surface area (Å²) >= 11 is 0. The van der Waals surface area contributed by atoms with Gasteiger partial charge >= 0.3 is 0 Å². The van der Waals surface area contributed by atoms with Gasteiger partial charge in [0.1, 0.15) is 12.1 Å². The molecule has 3 fully saturated rings. The summed E-state index contributed by atoms with van der Waals surface area (Å²) in [6.45, 7) is 9.33. The number of anilines is 1. The van der Waals surface area contributed by atoms with Gasteiger partial charge in [0, 0.05) is 43.4 Å². The monoisotopic (exact) mass is 340 g/mol. The predicted octanol–water partition coefficient (Wildman–Crippen LogP) is 1.92. The summed E-state index contributed by atoms with van der Waals surface area (Å²) < 4.78 is 5.82. The molecule has 7 heteroatoms. The number of aromatic nitrogens is 4. The van der Waals surface area contributed by atoms with Gasteiger partial charge in [-0.05, 0) is 38.5 Å². The lowest BCUT2D eigenvalue weighted by atomic mass is 10.0. The van der Waals surface area contributed by atoms with E-state index in [4.69, 9.17) is 4.42 Å². The quantitative estimate of drug-likeness (QED) is 0.842. The fourth-order valence-electron chi connectivity index (χ4n) is 4.25. The van der Waals surface area contributed by atoms with E-state index in [1.165, 1.54) is 18.4 Å². The van der Waals surface area contributed by atoms with E-state index in [2.05, 4.69) is 43.8 Å². The number of likely N-dealkylation sites (tertiary alicyclic amines) is 1. The van der Waals surface area contributed by atoms with Gasteiger partial charge in [-0.3, -0.25) is 4.90 Å². The fourth-order valence-corrected chi connectivity index (χ4v) is 4.25. The zero-order chi connectivity index (χ0) is 17.0. The smallest absolute Gasteiger partial charge is 0.230 e. The molecule has 3 aliphatic rings. The molecule has 0 bridgehead atoms. The lowest BCUT2D eigenvalue weighted by molar-refractivity contribution is 0.270. The highest BCUT2D eigenvalue weighted by atomic mass is 16.4. The summed E-state index contributed by atoms with van der Waals surface area (Å²) in [7, 11) is 0. The fraction of sp³-hybridized carbons (Fsp3) is 0.667. The summed E-state index contributed by atoms with van der Waals surface area (Å²) in [4.78, 5) is 13.7. The number of aryl methyl sites for hydroxylation is 1. The lowest BCUT2D eigenvalue weighted by Crippen LogP contribution is -2.29. The topological polar surface area (TPSA) is 71.2 Å². The second-order valence-corrected chi connectivity index (χ2v) is 7.84. The van der Waals surface area contributed by atoms with Crippen molar-refractivity contribution in [3.63, 3.8) is 0 Å². The SMILES string of the molecule is Cc1ncnc(N2CC3CN(Cc4nnc(C5CC5)o4)CC3C2)c1C. The van der Waals surface area contributed by atoms with Crippen LogP contribution in [0, 0.1) is 25.7 Å². The third-order valence-corrected chi connectivity index (χ3v) is 5.94. The molecule has 2 aromatic rings. The number of rotatable bonds is 4. The highest BCUT2D eigenvalue weighted by molar-refractivity contribution is 5.48. The van der Waals surface area contributed by atoms with Gasteiger partial charge in [-0.15, -0.1) is 10.2 Å². The van der Waals surface area contributed by atoms with Crippen LogP contribution in [0.15, 0.2) is 10.7 Å². The maximum atomic E-state index is 5.82. The Balaban J connectivity index is 1.22. The van der Waals surface area contributed by atoms with Crippen molar-refractivity contribution in [3.05, 3.63) is 29.4 Å². The lowest BCUT2D eigenvalue weighted by Gasteiger charge is -2.23. The molecule has 0 spiro atoms. The summed E-state index contributed by atoms with van der Waals surface area (Å²) in [6.07, 6.45) is 4.09. The van der Waals surface area contributed by atoms with Crippen molar-refractivity contribution in [2.24, 2.45) is 11.8 Å². The molecule has 5 rings (SSSR count). The maximum absolute atomic E-state index is 5.82. The van der Waals surface area contributed by atoms with Gasteiger partial charge in [-0.25, -0.2) is 9.97 Å². The Morgan fingerprint density at radius 2 is 1.80 bits per heavy atom. The molecular weight excluding hydrogens is 316 g/mol. The molecule has 2 aliphatic heterocycles. The second-order valence-electron chi connectivity index (χ2n) is 7.84. The highest BCUT2D eigenvalue weighted by Crippen LogP contribution is 2.39. The third-order valence-electron chi connectivity index (χ3n) is 5.94. The van der Waals surface area contributed by atoms with Crippen molar-refractivity contribution < 1.29 is 4.42 Å². The molecule has 1 aliphatic carbocycles. The van der Waals surface area contributed by atoms with Crippen LogP contribution in [0.5, 0.6) is 0 Å². The van der Waals surface area contributed by atoms with E-state index < -0.39 is 0 Å². The van der Waals surface area contributed by atoms with Crippen LogP contribution in [0.25, 0.3) is 0 Å². The van der Waals surface area contributed by atoms with Crippen LogP contribution < -0.4 is 4.90 Å². The normalized spacial score (nSPS) is 26.4. The van der Waals surface area contributed by atoms with Crippen molar-refractivity contribution in [2.45, 2.75) is 39.2 Å². The first-order valence-electron chi connectivity index (χ1n) is 9.25. The molecule has 132 valence electrons. The van der Waals surface area contributed by atoms with Crippen molar-refractivity contribution in [3.8, 4) is 0 Å². The van der Waals surface area contributed by atoms with Gasteiger partial charge in [-0.1, -0.05) is 0 Å². The first-order chi connectivity index (χ1) is 12.2. The Morgan fingerprint density at radius 3 is 2.52 bits per heavy atom. The molecule has 0 aromatic carbocycles. The van der Waals surface area contributed by atoms with Crippen LogP contribution >= 0.6 is 0 Å². The van der Waals surface area contributed by atoms with Crippen LogP contribution in [0.3, 0.4) is 0 Å². The molecule has 0 radical (unpaired) electrons. The first kappa shape index (κ1) is 15.3. The summed E-state index contributed by atoms with van der Waals surface area (Å²) in [5.41, 5.74) is 2.28. The Labute approximate surface area is 147 Å². The molecule has 25 heavy (non-hydrogen) atoms. The molecule has 1 saturated carbocycles. The van der Waals surface area contributed by atoms with E-state index in [-0.39, 0.29) is 0 Å². The zero-order valence-corrected chi connectivity index (χ0v) is 14.9. The Morgan fingerprint density at radius 1 is 1.04 bits per heavy atom. The van der Waals surface area contributed by atoms with Gasteiger partial charge in [0.25, 0.3) is 0 Å². The van der Waals surface area contributed by atoms with E-state index in [0.29, 0.717) is 17.8 Å². The van der Waals surface area contributed by atoms with Crippen LogP contribution in [0.2, 0.25) is 0 Å². The second kappa shape index (κ2) is 5.76. The van der Waals surface area contributed by atoms with Crippen LogP contribution in [-0.2, 0) is 6.54 Å². The Kier molecular flexibility index (Phi) is 3.51. The Bertz CT molecular complexity index is 772. The van der Waals surface area contributed by atoms with Gasteiger partial charge < -0.3 is 9.32 Å².